The summed E-state index contributed by atoms with van der Waals surface area (Å²) in [5.41, 5.74) is 5.17. The SMILES string of the molecule is Fc1ccc(-c2nc3nc4ccccc4cc3n2-c2ccccc2)c2oc3ccccc3c12. The summed E-state index contributed by atoms with van der Waals surface area (Å²) >= 11 is 0. The molecule has 0 saturated carbocycles. The molecule has 0 radical (unpaired) electrons. The number of aromatic nitrogens is 3. The van der Waals surface area contributed by atoms with Crippen molar-refractivity contribution < 1.29 is 8.81 Å². The quantitative estimate of drug-likeness (QED) is 0.290. The molecular weight excluding hydrogens is 413 g/mol. The van der Waals surface area contributed by atoms with E-state index in [4.69, 9.17) is 14.4 Å². The molecule has 0 bridgehead atoms. The van der Waals surface area contributed by atoms with E-state index in [0.29, 0.717) is 33.6 Å². The molecule has 7 aromatic rings. The van der Waals surface area contributed by atoms with Crippen molar-refractivity contribution in [2.75, 3.05) is 0 Å². The van der Waals surface area contributed by atoms with Crippen molar-refractivity contribution in [3.8, 4) is 17.1 Å². The Balaban J connectivity index is 1.64. The van der Waals surface area contributed by atoms with E-state index in [1.807, 2.05) is 78.9 Å². The van der Waals surface area contributed by atoms with Gasteiger partial charge in [-0.15, -0.1) is 0 Å². The lowest BCUT2D eigenvalue weighted by molar-refractivity contribution is 0.634. The molecule has 3 heterocycles. The maximum atomic E-state index is 15.0. The Morgan fingerprint density at radius 3 is 2.45 bits per heavy atom. The number of nitrogens with zero attached hydrogens (tertiary/aromatic N) is 3. The molecule has 33 heavy (non-hydrogen) atoms. The van der Waals surface area contributed by atoms with E-state index in [-0.39, 0.29) is 5.82 Å². The highest BCUT2D eigenvalue weighted by Gasteiger charge is 2.22. The number of fused-ring (bicyclic) bond motifs is 5. The highest BCUT2D eigenvalue weighted by molar-refractivity contribution is 6.10. The highest BCUT2D eigenvalue weighted by atomic mass is 19.1. The first kappa shape index (κ1) is 18.1. The number of halogens is 1. The van der Waals surface area contributed by atoms with Gasteiger partial charge in [-0.2, -0.15) is 0 Å². The maximum Gasteiger partial charge on any atom is 0.179 e. The fourth-order valence-corrected chi connectivity index (χ4v) is 4.59. The number of benzene rings is 4. The molecule has 0 N–H and O–H groups in total. The molecule has 0 saturated heterocycles. The lowest BCUT2D eigenvalue weighted by Gasteiger charge is -2.10. The zero-order valence-corrected chi connectivity index (χ0v) is 17.4. The third kappa shape index (κ3) is 2.62. The van der Waals surface area contributed by atoms with Gasteiger partial charge in [0.05, 0.1) is 22.0 Å². The highest BCUT2D eigenvalue weighted by Crippen LogP contribution is 2.39. The summed E-state index contributed by atoms with van der Waals surface area (Å²) in [5, 5.41) is 2.24. The van der Waals surface area contributed by atoms with E-state index in [9.17, 15) is 4.39 Å². The molecule has 7 rings (SSSR count). The number of hydrogen-bond acceptors (Lipinski definition) is 3. The number of hydrogen-bond donors (Lipinski definition) is 0. The van der Waals surface area contributed by atoms with Crippen LogP contribution in [0.2, 0.25) is 0 Å². The molecule has 5 heteroatoms. The summed E-state index contributed by atoms with van der Waals surface area (Å²) < 4.78 is 23.2. The molecule has 3 aromatic heterocycles. The summed E-state index contributed by atoms with van der Waals surface area (Å²) in [6.07, 6.45) is 0. The van der Waals surface area contributed by atoms with Gasteiger partial charge in [0.1, 0.15) is 17.0 Å². The van der Waals surface area contributed by atoms with Gasteiger partial charge in [-0.05, 0) is 42.5 Å². The molecule has 0 fully saturated rings. The van der Waals surface area contributed by atoms with Crippen molar-refractivity contribution in [3.63, 3.8) is 0 Å². The number of pyridine rings is 1. The monoisotopic (exact) mass is 429 g/mol. The molecule has 4 nitrogen and oxygen atoms in total. The van der Waals surface area contributed by atoms with Gasteiger partial charge in [-0.1, -0.05) is 54.6 Å². The first-order valence-electron chi connectivity index (χ1n) is 10.7. The molecule has 0 aliphatic heterocycles. The van der Waals surface area contributed by atoms with E-state index in [0.717, 1.165) is 27.5 Å². The molecule has 0 unspecified atom stereocenters. The normalized spacial score (nSPS) is 11.8. The van der Waals surface area contributed by atoms with Crippen LogP contribution in [-0.4, -0.2) is 14.5 Å². The van der Waals surface area contributed by atoms with Crippen molar-refractivity contribution in [2.45, 2.75) is 0 Å². The van der Waals surface area contributed by atoms with Crippen LogP contribution in [0.25, 0.3) is 61.1 Å². The predicted octanol–water partition coefficient (Wildman–Crippen LogP) is 7.28. The maximum absolute atomic E-state index is 15.0. The Kier molecular flexibility index (Phi) is 3.70. The largest absolute Gasteiger partial charge is 0.455 e. The van der Waals surface area contributed by atoms with Gasteiger partial charge in [0, 0.05) is 16.5 Å². The molecule has 0 atom stereocenters. The van der Waals surface area contributed by atoms with Crippen molar-refractivity contribution in [1.29, 1.82) is 0 Å². The topological polar surface area (TPSA) is 43.9 Å². The van der Waals surface area contributed by atoms with Crippen molar-refractivity contribution in [2.24, 2.45) is 0 Å². The summed E-state index contributed by atoms with van der Waals surface area (Å²) in [7, 11) is 0. The van der Waals surface area contributed by atoms with Gasteiger partial charge < -0.3 is 4.42 Å². The molecule has 0 spiro atoms. The van der Waals surface area contributed by atoms with E-state index >= 15 is 0 Å². The Morgan fingerprint density at radius 2 is 1.55 bits per heavy atom. The third-order valence-electron chi connectivity index (χ3n) is 6.08. The first-order valence-corrected chi connectivity index (χ1v) is 10.7. The smallest absolute Gasteiger partial charge is 0.179 e. The van der Waals surface area contributed by atoms with Crippen LogP contribution in [0.1, 0.15) is 0 Å². The fourth-order valence-electron chi connectivity index (χ4n) is 4.59. The average molecular weight is 429 g/mol. The summed E-state index contributed by atoms with van der Waals surface area (Å²) in [4.78, 5) is 9.74. The van der Waals surface area contributed by atoms with Crippen LogP contribution in [0.15, 0.2) is 101 Å². The minimum absolute atomic E-state index is 0.315. The van der Waals surface area contributed by atoms with E-state index in [2.05, 4.69) is 10.6 Å². The number of imidazole rings is 1. The summed E-state index contributed by atoms with van der Waals surface area (Å²) in [6, 6.07) is 30.8. The Labute approximate surface area is 187 Å². The molecule has 4 aromatic carbocycles. The molecule has 0 amide bonds. The van der Waals surface area contributed by atoms with Crippen molar-refractivity contribution >= 4 is 44.0 Å². The van der Waals surface area contributed by atoms with Crippen LogP contribution in [0.4, 0.5) is 4.39 Å². The van der Waals surface area contributed by atoms with Crippen LogP contribution >= 0.6 is 0 Å². The van der Waals surface area contributed by atoms with Crippen LogP contribution in [0, 0.1) is 5.82 Å². The molecular formula is C28H16FN3O. The van der Waals surface area contributed by atoms with Gasteiger partial charge in [0.25, 0.3) is 0 Å². The first-order chi connectivity index (χ1) is 16.3. The van der Waals surface area contributed by atoms with Gasteiger partial charge >= 0.3 is 0 Å². The molecule has 0 aliphatic carbocycles. The Bertz CT molecular complexity index is 1830. The van der Waals surface area contributed by atoms with Crippen LogP contribution in [-0.2, 0) is 0 Å². The minimum Gasteiger partial charge on any atom is -0.455 e. The van der Waals surface area contributed by atoms with Gasteiger partial charge in [0.2, 0.25) is 0 Å². The summed E-state index contributed by atoms with van der Waals surface area (Å²) in [6.45, 7) is 0. The molecule has 0 aliphatic rings. The van der Waals surface area contributed by atoms with Crippen LogP contribution < -0.4 is 0 Å². The zero-order valence-electron chi connectivity index (χ0n) is 17.4. The number of rotatable bonds is 2. The second-order valence-electron chi connectivity index (χ2n) is 8.03. The Hall–Kier alpha value is -4.51. The van der Waals surface area contributed by atoms with Gasteiger partial charge in [-0.25, -0.2) is 14.4 Å². The van der Waals surface area contributed by atoms with E-state index < -0.39 is 0 Å². The molecule has 156 valence electrons. The van der Waals surface area contributed by atoms with E-state index in [1.165, 1.54) is 6.07 Å². The van der Waals surface area contributed by atoms with E-state index in [1.54, 1.807) is 6.07 Å². The summed E-state index contributed by atoms with van der Waals surface area (Å²) in [5.74, 6) is 0.341. The van der Waals surface area contributed by atoms with Gasteiger partial charge in [0.15, 0.2) is 11.5 Å². The van der Waals surface area contributed by atoms with Crippen molar-refractivity contribution in [1.82, 2.24) is 14.5 Å². The second-order valence-corrected chi connectivity index (χ2v) is 8.03. The lowest BCUT2D eigenvalue weighted by atomic mass is 10.1. The lowest BCUT2D eigenvalue weighted by Crippen LogP contribution is -1.98. The van der Waals surface area contributed by atoms with Crippen LogP contribution in [0.3, 0.4) is 0 Å². The minimum atomic E-state index is -0.315. The zero-order chi connectivity index (χ0) is 21.9. The second kappa shape index (κ2) is 6.74. The predicted molar refractivity (Wildman–Crippen MR) is 129 cm³/mol. The Morgan fingerprint density at radius 1 is 0.758 bits per heavy atom. The third-order valence-corrected chi connectivity index (χ3v) is 6.08. The van der Waals surface area contributed by atoms with Crippen molar-refractivity contribution in [3.05, 3.63) is 103 Å². The fraction of sp³-hybridized carbons (Fsp3) is 0. The van der Waals surface area contributed by atoms with Crippen LogP contribution in [0.5, 0.6) is 0 Å². The average Bonchev–Trinajstić information content (AvgIpc) is 3.42. The van der Waals surface area contributed by atoms with Gasteiger partial charge in [-0.3, -0.25) is 4.57 Å². The standard InChI is InChI=1S/C28H16FN3O/c29-21-15-14-20(26-25(21)19-11-5-7-13-24(19)33-26)28-31-27-23(32(28)18-9-2-1-3-10-18)16-17-8-4-6-12-22(17)30-27/h1-16H. The number of furan rings is 1. The number of para-hydroxylation sites is 3.